The van der Waals surface area contributed by atoms with Crippen LogP contribution in [-0.4, -0.2) is 24.9 Å². The zero-order valence-electron chi connectivity index (χ0n) is 11.3. The second-order valence-corrected chi connectivity index (χ2v) is 5.88. The predicted molar refractivity (Wildman–Crippen MR) is 78.5 cm³/mol. The summed E-state index contributed by atoms with van der Waals surface area (Å²) in [5.41, 5.74) is 0.840. The van der Waals surface area contributed by atoms with E-state index in [9.17, 15) is 5.11 Å². The summed E-state index contributed by atoms with van der Waals surface area (Å²) in [5.74, 6) is 0.736. The first-order valence-electron chi connectivity index (χ1n) is 6.84. The van der Waals surface area contributed by atoms with E-state index in [-0.39, 0.29) is 0 Å². The molecule has 0 radical (unpaired) electrons. The molecule has 2 rings (SSSR count). The Hall–Kier alpha value is -0.580. The molecule has 0 bridgehead atoms. The van der Waals surface area contributed by atoms with Gasteiger partial charge in [0.15, 0.2) is 0 Å². The number of hydrogen-bond donors (Lipinski definition) is 1. The minimum absolute atomic E-state index is 0.307. The molecule has 0 aliphatic carbocycles. The van der Waals surface area contributed by atoms with Gasteiger partial charge < -0.3 is 14.6 Å². The molecular formula is C15H21BrO3. The average Bonchev–Trinajstić information content (AvgIpc) is 2.46. The van der Waals surface area contributed by atoms with E-state index in [0.717, 1.165) is 35.2 Å². The summed E-state index contributed by atoms with van der Waals surface area (Å²) < 4.78 is 11.9. The van der Waals surface area contributed by atoms with Crippen LogP contribution in [0.5, 0.6) is 5.75 Å². The minimum Gasteiger partial charge on any atom is -0.496 e. The number of ether oxygens (including phenoxy) is 2. The molecule has 1 fully saturated rings. The highest BCUT2D eigenvalue weighted by atomic mass is 79.9. The lowest BCUT2D eigenvalue weighted by atomic mass is 9.98. The third-order valence-electron chi connectivity index (χ3n) is 3.59. The number of rotatable bonds is 5. The van der Waals surface area contributed by atoms with Crippen LogP contribution >= 0.6 is 15.9 Å². The van der Waals surface area contributed by atoms with E-state index in [0.29, 0.717) is 12.5 Å². The normalized spacial score (nSPS) is 21.1. The Balaban J connectivity index is 1.94. The van der Waals surface area contributed by atoms with Gasteiger partial charge in [0.2, 0.25) is 0 Å². The molecular weight excluding hydrogens is 308 g/mol. The van der Waals surface area contributed by atoms with E-state index in [1.54, 1.807) is 7.11 Å². The van der Waals surface area contributed by atoms with Crippen molar-refractivity contribution in [3.63, 3.8) is 0 Å². The van der Waals surface area contributed by atoms with E-state index < -0.39 is 6.10 Å². The molecule has 0 saturated carbocycles. The van der Waals surface area contributed by atoms with Crippen molar-refractivity contribution < 1.29 is 14.6 Å². The Morgan fingerprint density at radius 1 is 1.47 bits per heavy atom. The second-order valence-electron chi connectivity index (χ2n) is 4.97. The molecule has 1 aromatic rings. The maximum atomic E-state index is 10.3. The van der Waals surface area contributed by atoms with Crippen molar-refractivity contribution in [2.75, 3.05) is 13.7 Å². The maximum Gasteiger partial charge on any atom is 0.124 e. The second kappa shape index (κ2) is 7.27. The molecule has 0 aromatic heterocycles. The van der Waals surface area contributed by atoms with Gasteiger partial charge in [0.1, 0.15) is 5.75 Å². The highest BCUT2D eigenvalue weighted by Gasteiger charge is 2.18. The molecule has 1 aliphatic heterocycles. The van der Waals surface area contributed by atoms with E-state index in [2.05, 4.69) is 15.9 Å². The molecule has 1 heterocycles. The van der Waals surface area contributed by atoms with Gasteiger partial charge in [-0.2, -0.15) is 0 Å². The minimum atomic E-state index is -0.502. The molecule has 3 nitrogen and oxygen atoms in total. The molecule has 106 valence electrons. The lowest BCUT2D eigenvalue weighted by molar-refractivity contribution is 0.00198. The van der Waals surface area contributed by atoms with Gasteiger partial charge in [0, 0.05) is 16.6 Å². The first kappa shape index (κ1) is 14.8. The zero-order chi connectivity index (χ0) is 13.7. The van der Waals surface area contributed by atoms with Crippen LogP contribution in [0.3, 0.4) is 0 Å². The number of halogens is 1. The Kier molecular flexibility index (Phi) is 5.67. The fourth-order valence-corrected chi connectivity index (χ4v) is 2.88. The fraction of sp³-hybridized carbons (Fsp3) is 0.600. The summed E-state index contributed by atoms with van der Waals surface area (Å²) in [6.07, 6.45) is 4.93. The van der Waals surface area contributed by atoms with E-state index in [4.69, 9.17) is 9.47 Å². The number of methoxy groups -OCH3 is 1. The summed E-state index contributed by atoms with van der Waals surface area (Å²) in [7, 11) is 1.63. The zero-order valence-corrected chi connectivity index (χ0v) is 12.9. The number of aliphatic hydroxyl groups excluding tert-OH is 1. The largest absolute Gasteiger partial charge is 0.496 e. The lowest BCUT2D eigenvalue weighted by Gasteiger charge is -2.24. The molecule has 1 N–H and O–H groups in total. The Morgan fingerprint density at radius 2 is 2.32 bits per heavy atom. The first-order chi connectivity index (χ1) is 9.20. The lowest BCUT2D eigenvalue weighted by Crippen LogP contribution is -2.19. The number of hydrogen-bond acceptors (Lipinski definition) is 3. The SMILES string of the molecule is COc1ccc(Br)cc1C(O)CCC1CCCCO1. The molecule has 2 atom stereocenters. The molecule has 0 spiro atoms. The Bertz CT molecular complexity index is 402. The van der Waals surface area contributed by atoms with E-state index in [1.165, 1.54) is 12.8 Å². The van der Waals surface area contributed by atoms with Crippen molar-refractivity contribution in [2.45, 2.75) is 44.3 Å². The van der Waals surface area contributed by atoms with Crippen molar-refractivity contribution in [3.05, 3.63) is 28.2 Å². The Morgan fingerprint density at radius 3 is 3.00 bits per heavy atom. The van der Waals surface area contributed by atoms with Crippen LogP contribution in [0.25, 0.3) is 0 Å². The maximum absolute atomic E-state index is 10.3. The summed E-state index contributed by atoms with van der Waals surface area (Å²) in [5, 5.41) is 10.3. The number of aliphatic hydroxyl groups is 1. The van der Waals surface area contributed by atoms with Crippen LogP contribution in [0.2, 0.25) is 0 Å². The Labute approximate surface area is 123 Å². The quantitative estimate of drug-likeness (QED) is 0.892. The highest BCUT2D eigenvalue weighted by molar-refractivity contribution is 9.10. The van der Waals surface area contributed by atoms with Crippen molar-refractivity contribution in [1.82, 2.24) is 0 Å². The topological polar surface area (TPSA) is 38.7 Å². The van der Waals surface area contributed by atoms with Crippen molar-refractivity contribution in [2.24, 2.45) is 0 Å². The number of benzene rings is 1. The van der Waals surface area contributed by atoms with Crippen molar-refractivity contribution >= 4 is 15.9 Å². The van der Waals surface area contributed by atoms with Crippen LogP contribution < -0.4 is 4.74 Å². The molecule has 4 heteroatoms. The van der Waals surface area contributed by atoms with Crippen molar-refractivity contribution in [3.8, 4) is 5.75 Å². The molecule has 1 aromatic carbocycles. The van der Waals surface area contributed by atoms with Gasteiger partial charge >= 0.3 is 0 Å². The molecule has 0 amide bonds. The highest BCUT2D eigenvalue weighted by Crippen LogP contribution is 2.32. The van der Waals surface area contributed by atoms with Gasteiger partial charge in [0.05, 0.1) is 19.3 Å². The third kappa shape index (κ3) is 4.20. The average molecular weight is 329 g/mol. The monoisotopic (exact) mass is 328 g/mol. The fourth-order valence-electron chi connectivity index (χ4n) is 2.50. The smallest absolute Gasteiger partial charge is 0.124 e. The summed E-state index contributed by atoms with van der Waals surface area (Å²) in [4.78, 5) is 0. The summed E-state index contributed by atoms with van der Waals surface area (Å²) >= 11 is 3.43. The first-order valence-corrected chi connectivity index (χ1v) is 7.63. The van der Waals surface area contributed by atoms with Crippen LogP contribution in [0.4, 0.5) is 0 Å². The molecule has 2 unspecified atom stereocenters. The van der Waals surface area contributed by atoms with Gasteiger partial charge in [-0.1, -0.05) is 15.9 Å². The van der Waals surface area contributed by atoms with Gasteiger partial charge in [-0.15, -0.1) is 0 Å². The van der Waals surface area contributed by atoms with Gasteiger partial charge in [-0.05, 0) is 50.3 Å². The summed E-state index contributed by atoms with van der Waals surface area (Å²) in [6, 6.07) is 5.71. The van der Waals surface area contributed by atoms with Gasteiger partial charge in [0.25, 0.3) is 0 Å². The van der Waals surface area contributed by atoms with Crippen LogP contribution in [0.15, 0.2) is 22.7 Å². The van der Waals surface area contributed by atoms with E-state index in [1.807, 2.05) is 18.2 Å². The van der Waals surface area contributed by atoms with E-state index >= 15 is 0 Å². The molecule has 19 heavy (non-hydrogen) atoms. The standard InChI is InChI=1S/C15H21BrO3/c1-18-15-8-5-11(16)10-13(15)14(17)7-6-12-4-2-3-9-19-12/h5,8,10,12,14,17H,2-4,6-7,9H2,1H3. The third-order valence-corrected chi connectivity index (χ3v) is 4.08. The molecule has 1 aliphatic rings. The predicted octanol–water partition coefficient (Wildman–Crippen LogP) is 3.84. The molecule has 1 saturated heterocycles. The van der Waals surface area contributed by atoms with Gasteiger partial charge in [-0.25, -0.2) is 0 Å². The van der Waals surface area contributed by atoms with Crippen molar-refractivity contribution in [1.29, 1.82) is 0 Å². The van der Waals surface area contributed by atoms with Crippen LogP contribution in [0.1, 0.15) is 43.8 Å². The summed E-state index contributed by atoms with van der Waals surface area (Å²) in [6.45, 7) is 0.862. The van der Waals surface area contributed by atoms with Crippen LogP contribution in [-0.2, 0) is 4.74 Å². The van der Waals surface area contributed by atoms with Crippen LogP contribution in [0, 0.1) is 0 Å². The van der Waals surface area contributed by atoms with Gasteiger partial charge in [-0.3, -0.25) is 0 Å².